The molecule has 1 unspecified atom stereocenters. The summed E-state index contributed by atoms with van der Waals surface area (Å²) < 4.78 is 0.626. The van der Waals surface area contributed by atoms with Crippen molar-refractivity contribution < 1.29 is 24.6 Å². The standard InChI is InChI=1S/C11H9I3N2O5/c1-2(15)9(17)16-8-6(13)3(10(18)19)5(12)4(7(8)14)11(20)21/h2H,15H2,1H3,(H,16,17)(H,18,19)(H,20,21). The summed E-state index contributed by atoms with van der Waals surface area (Å²) in [4.78, 5) is 34.4. The second-order valence-corrected chi connectivity index (χ2v) is 7.19. The van der Waals surface area contributed by atoms with E-state index in [0.29, 0.717) is 0 Å². The van der Waals surface area contributed by atoms with Gasteiger partial charge >= 0.3 is 11.9 Å². The minimum absolute atomic E-state index is 0.111. The lowest BCUT2D eigenvalue weighted by Crippen LogP contribution is -2.33. The predicted octanol–water partition coefficient (Wildman–Crippen LogP) is 2.18. The number of carbonyl (C=O) groups is 3. The Morgan fingerprint density at radius 1 is 1.00 bits per heavy atom. The lowest BCUT2D eigenvalue weighted by atomic mass is 10.1. The van der Waals surface area contributed by atoms with Crippen LogP contribution in [0.5, 0.6) is 0 Å². The van der Waals surface area contributed by atoms with E-state index in [4.69, 9.17) is 5.73 Å². The van der Waals surface area contributed by atoms with E-state index in [1.165, 1.54) is 6.92 Å². The monoisotopic (exact) mass is 630 g/mol. The molecule has 0 heterocycles. The van der Waals surface area contributed by atoms with Crippen LogP contribution in [0.2, 0.25) is 0 Å². The topological polar surface area (TPSA) is 130 Å². The van der Waals surface area contributed by atoms with Crippen molar-refractivity contribution in [3.8, 4) is 0 Å². The molecule has 0 spiro atoms. The average Bonchev–Trinajstić information content (AvgIpc) is 2.32. The molecule has 0 aliphatic carbocycles. The zero-order valence-corrected chi connectivity index (χ0v) is 16.9. The third kappa shape index (κ3) is 3.95. The number of carboxylic acids is 2. The van der Waals surface area contributed by atoms with Crippen molar-refractivity contribution in [1.82, 2.24) is 0 Å². The van der Waals surface area contributed by atoms with Crippen LogP contribution in [0.1, 0.15) is 27.6 Å². The van der Waals surface area contributed by atoms with Gasteiger partial charge in [0.1, 0.15) is 0 Å². The fourth-order valence-electron chi connectivity index (χ4n) is 1.39. The smallest absolute Gasteiger partial charge is 0.337 e. The summed E-state index contributed by atoms with van der Waals surface area (Å²) in [6, 6.07) is -0.808. The van der Waals surface area contributed by atoms with Crippen molar-refractivity contribution in [2.24, 2.45) is 5.73 Å². The molecule has 1 atom stereocenters. The van der Waals surface area contributed by atoms with Gasteiger partial charge < -0.3 is 21.3 Å². The molecule has 0 aliphatic heterocycles. The van der Waals surface area contributed by atoms with Gasteiger partial charge in [-0.2, -0.15) is 0 Å². The molecule has 5 N–H and O–H groups in total. The van der Waals surface area contributed by atoms with Crippen LogP contribution in [-0.2, 0) is 4.79 Å². The highest BCUT2D eigenvalue weighted by atomic mass is 127. The second kappa shape index (κ2) is 7.36. The third-order valence-electron chi connectivity index (χ3n) is 2.41. The van der Waals surface area contributed by atoms with Crippen LogP contribution in [0.4, 0.5) is 5.69 Å². The van der Waals surface area contributed by atoms with Gasteiger partial charge in [-0.05, 0) is 74.7 Å². The molecule has 10 heteroatoms. The maximum Gasteiger partial charge on any atom is 0.337 e. The molecule has 1 rings (SSSR count). The first-order chi connectivity index (χ1) is 9.59. The number of hydrogen-bond donors (Lipinski definition) is 4. The lowest BCUT2D eigenvalue weighted by molar-refractivity contribution is -0.117. The number of rotatable bonds is 4. The van der Waals surface area contributed by atoms with Gasteiger partial charge in [0.05, 0.1) is 30.0 Å². The number of carboxylic acid groups (broad SMARTS) is 2. The third-order valence-corrected chi connectivity index (χ3v) is 5.64. The molecule has 0 radical (unpaired) electrons. The first kappa shape index (κ1) is 18.8. The molecule has 1 aromatic rings. The lowest BCUT2D eigenvalue weighted by Gasteiger charge is -2.17. The number of halogens is 3. The molecule has 7 nitrogen and oxygen atoms in total. The first-order valence-electron chi connectivity index (χ1n) is 5.33. The van der Waals surface area contributed by atoms with E-state index in [2.05, 4.69) is 5.32 Å². The SMILES string of the molecule is CC(N)C(=O)Nc1c(I)c(C(=O)O)c(I)c(C(=O)O)c1I. The van der Waals surface area contributed by atoms with Gasteiger partial charge in [-0.1, -0.05) is 0 Å². The van der Waals surface area contributed by atoms with Crippen molar-refractivity contribution in [2.75, 3.05) is 5.32 Å². The molecule has 0 saturated heterocycles. The first-order valence-corrected chi connectivity index (χ1v) is 8.56. The zero-order chi connectivity index (χ0) is 16.5. The van der Waals surface area contributed by atoms with Crippen LogP contribution in [-0.4, -0.2) is 34.1 Å². The number of nitrogens with one attached hydrogen (secondary N) is 1. The van der Waals surface area contributed by atoms with E-state index < -0.39 is 23.9 Å². The van der Waals surface area contributed by atoms with E-state index in [-0.39, 0.29) is 27.5 Å². The van der Waals surface area contributed by atoms with E-state index in [0.717, 1.165) is 0 Å². The Hall–Kier alpha value is -0.220. The molecular weight excluding hydrogens is 621 g/mol. The quantitative estimate of drug-likeness (QED) is 0.378. The predicted molar refractivity (Wildman–Crippen MR) is 101 cm³/mol. The summed E-state index contributed by atoms with van der Waals surface area (Å²) in [6.07, 6.45) is 0. The van der Waals surface area contributed by atoms with Crippen molar-refractivity contribution in [3.05, 3.63) is 21.8 Å². The van der Waals surface area contributed by atoms with Crippen LogP contribution in [0.15, 0.2) is 0 Å². The summed E-state index contributed by atoms with van der Waals surface area (Å²) in [5.41, 5.74) is 5.29. The molecule has 0 aliphatic rings. The number of nitrogens with two attached hydrogens (primary N) is 1. The average molecular weight is 630 g/mol. The molecule has 1 amide bonds. The van der Waals surface area contributed by atoms with Crippen LogP contribution in [0, 0.1) is 10.7 Å². The minimum Gasteiger partial charge on any atom is -0.478 e. The zero-order valence-electron chi connectivity index (χ0n) is 10.4. The van der Waals surface area contributed by atoms with Crippen LogP contribution >= 0.6 is 67.8 Å². The van der Waals surface area contributed by atoms with E-state index in [1.807, 2.05) is 0 Å². The molecule has 114 valence electrons. The molecular formula is C11H9I3N2O5. The highest BCUT2D eigenvalue weighted by Crippen LogP contribution is 2.35. The van der Waals surface area contributed by atoms with Gasteiger partial charge in [0.25, 0.3) is 0 Å². The number of benzene rings is 1. The Labute approximate surface area is 160 Å². The van der Waals surface area contributed by atoms with Gasteiger partial charge in [-0.15, -0.1) is 0 Å². The van der Waals surface area contributed by atoms with Crippen molar-refractivity contribution in [2.45, 2.75) is 13.0 Å². The number of amides is 1. The van der Waals surface area contributed by atoms with Crippen LogP contribution in [0.25, 0.3) is 0 Å². The van der Waals surface area contributed by atoms with E-state index in [1.54, 1.807) is 67.8 Å². The van der Waals surface area contributed by atoms with Crippen molar-refractivity contribution in [1.29, 1.82) is 0 Å². The molecule has 0 aromatic heterocycles. The second-order valence-electron chi connectivity index (χ2n) is 3.96. The largest absolute Gasteiger partial charge is 0.478 e. The number of carbonyl (C=O) groups excluding carboxylic acids is 1. The number of aromatic carboxylic acids is 2. The van der Waals surface area contributed by atoms with Gasteiger partial charge in [-0.3, -0.25) is 4.79 Å². The molecule has 0 fully saturated rings. The number of hydrogen-bond acceptors (Lipinski definition) is 4. The summed E-state index contributed by atoms with van der Waals surface area (Å²) in [6.45, 7) is 1.47. The van der Waals surface area contributed by atoms with Gasteiger partial charge in [0.15, 0.2) is 0 Å². The Kier molecular flexibility index (Phi) is 6.60. The fraction of sp³-hybridized carbons (Fsp3) is 0.182. The summed E-state index contributed by atoms with van der Waals surface area (Å²) in [5, 5.41) is 21.0. The summed E-state index contributed by atoms with van der Waals surface area (Å²) >= 11 is 5.21. The fourth-order valence-corrected chi connectivity index (χ4v) is 5.75. The number of anilines is 1. The highest BCUT2D eigenvalue weighted by molar-refractivity contribution is 14.1. The molecule has 21 heavy (non-hydrogen) atoms. The van der Waals surface area contributed by atoms with Crippen molar-refractivity contribution in [3.63, 3.8) is 0 Å². The van der Waals surface area contributed by atoms with E-state index in [9.17, 15) is 24.6 Å². The molecule has 0 bridgehead atoms. The summed E-state index contributed by atoms with van der Waals surface area (Å²) in [7, 11) is 0. The Bertz CT molecular complexity index is 604. The van der Waals surface area contributed by atoms with Crippen LogP contribution < -0.4 is 11.1 Å². The normalized spacial score (nSPS) is 11.9. The van der Waals surface area contributed by atoms with E-state index >= 15 is 0 Å². The highest BCUT2D eigenvalue weighted by Gasteiger charge is 2.28. The maximum absolute atomic E-state index is 11.7. The Morgan fingerprint density at radius 3 is 1.67 bits per heavy atom. The van der Waals surface area contributed by atoms with Gasteiger partial charge in [0, 0.05) is 3.57 Å². The maximum atomic E-state index is 11.7. The summed E-state index contributed by atoms with van der Waals surface area (Å²) in [5.74, 6) is -3.06. The molecule has 1 aromatic carbocycles. The van der Waals surface area contributed by atoms with Crippen molar-refractivity contribution >= 4 is 91.3 Å². The Balaban J connectivity index is 3.67. The van der Waals surface area contributed by atoms with Gasteiger partial charge in [-0.25, -0.2) is 9.59 Å². The van der Waals surface area contributed by atoms with Crippen LogP contribution in [0.3, 0.4) is 0 Å². The minimum atomic E-state index is -1.26. The Morgan fingerprint density at radius 2 is 1.38 bits per heavy atom. The van der Waals surface area contributed by atoms with Gasteiger partial charge in [0.2, 0.25) is 5.91 Å². The molecule has 0 saturated carbocycles.